The zero-order valence-corrected chi connectivity index (χ0v) is 12.3. The zero-order chi connectivity index (χ0) is 13.4. The third-order valence-corrected chi connectivity index (χ3v) is 4.76. The van der Waals surface area contributed by atoms with Crippen LogP contribution in [0.5, 0.6) is 0 Å². The number of hydrogen-bond donors (Lipinski definition) is 1. The third kappa shape index (κ3) is 2.67. The average molecular weight is 324 g/mol. The molecule has 1 saturated carbocycles. The molecular weight excluding hydrogens is 306 g/mol. The van der Waals surface area contributed by atoms with Gasteiger partial charge in [0.05, 0.1) is 5.56 Å². The van der Waals surface area contributed by atoms with Gasteiger partial charge in [0, 0.05) is 36.0 Å². The average Bonchev–Trinajstić information content (AvgIpc) is 2.80. The molecule has 1 aliphatic heterocycles. The van der Waals surface area contributed by atoms with Gasteiger partial charge in [-0.25, -0.2) is 0 Å². The number of halogens is 1. The van der Waals surface area contributed by atoms with Crippen LogP contribution in [0.2, 0.25) is 0 Å². The van der Waals surface area contributed by atoms with Crippen LogP contribution >= 0.6 is 15.9 Å². The van der Waals surface area contributed by atoms with E-state index in [0.29, 0.717) is 23.4 Å². The van der Waals surface area contributed by atoms with Gasteiger partial charge in [-0.1, -0.05) is 0 Å². The fourth-order valence-corrected chi connectivity index (χ4v) is 3.71. The minimum atomic E-state index is 0.0942. The second kappa shape index (κ2) is 5.21. The molecule has 5 heteroatoms. The Kier molecular flexibility index (Phi) is 3.58. The van der Waals surface area contributed by atoms with Crippen LogP contribution in [-0.2, 0) is 0 Å². The molecule has 1 saturated heterocycles. The molecule has 1 amide bonds. The van der Waals surface area contributed by atoms with E-state index in [-0.39, 0.29) is 5.91 Å². The van der Waals surface area contributed by atoms with Crippen LogP contribution < -0.4 is 5.73 Å². The molecule has 3 atom stereocenters. The molecule has 2 heterocycles. The van der Waals surface area contributed by atoms with Gasteiger partial charge in [-0.3, -0.25) is 9.78 Å². The van der Waals surface area contributed by atoms with Gasteiger partial charge >= 0.3 is 0 Å². The molecule has 3 rings (SSSR count). The van der Waals surface area contributed by atoms with Gasteiger partial charge < -0.3 is 10.6 Å². The van der Waals surface area contributed by atoms with Crippen LogP contribution in [0.4, 0.5) is 0 Å². The molecule has 2 aliphatic rings. The van der Waals surface area contributed by atoms with E-state index >= 15 is 0 Å². The Morgan fingerprint density at radius 2 is 2.11 bits per heavy atom. The second-order valence-electron chi connectivity index (χ2n) is 5.70. The van der Waals surface area contributed by atoms with Crippen LogP contribution in [0, 0.1) is 11.8 Å². The summed E-state index contributed by atoms with van der Waals surface area (Å²) in [6.07, 6.45) is 6.65. The van der Waals surface area contributed by atoms with E-state index in [9.17, 15) is 4.79 Å². The van der Waals surface area contributed by atoms with Gasteiger partial charge in [0.2, 0.25) is 0 Å². The number of fused-ring (bicyclic) bond motifs is 1. The first kappa shape index (κ1) is 13.1. The number of nitrogens with two attached hydrogens (primary N) is 1. The molecule has 19 heavy (non-hydrogen) atoms. The molecule has 102 valence electrons. The van der Waals surface area contributed by atoms with E-state index in [1.807, 2.05) is 11.0 Å². The lowest BCUT2D eigenvalue weighted by Crippen LogP contribution is -2.32. The summed E-state index contributed by atoms with van der Waals surface area (Å²) in [6, 6.07) is 2.16. The number of amides is 1. The molecule has 0 radical (unpaired) electrons. The van der Waals surface area contributed by atoms with Gasteiger partial charge in [-0.05, 0) is 53.1 Å². The minimum absolute atomic E-state index is 0.0942. The standard InChI is InChI=1S/C14H18BrN3O/c15-12-3-10(5-17-6-12)14(19)18-7-9-1-2-13(16)4-11(9)8-18/h3,5-6,9,11,13H,1-2,4,7-8,16H2/t9-,11+,13?/m1/s1. The van der Waals surface area contributed by atoms with E-state index in [4.69, 9.17) is 5.73 Å². The summed E-state index contributed by atoms with van der Waals surface area (Å²) in [5, 5.41) is 0. The number of hydrogen-bond acceptors (Lipinski definition) is 3. The van der Waals surface area contributed by atoms with Gasteiger partial charge in [-0.15, -0.1) is 0 Å². The van der Waals surface area contributed by atoms with Crippen molar-refractivity contribution in [3.05, 3.63) is 28.5 Å². The Morgan fingerprint density at radius 1 is 1.32 bits per heavy atom. The molecule has 1 aromatic heterocycles. The topological polar surface area (TPSA) is 59.2 Å². The minimum Gasteiger partial charge on any atom is -0.338 e. The number of carbonyl (C=O) groups excluding carboxylic acids is 1. The van der Waals surface area contributed by atoms with Crippen LogP contribution in [-0.4, -0.2) is 34.9 Å². The molecular formula is C14H18BrN3O. The quantitative estimate of drug-likeness (QED) is 0.860. The van der Waals surface area contributed by atoms with E-state index in [1.165, 1.54) is 0 Å². The normalized spacial score (nSPS) is 30.2. The summed E-state index contributed by atoms with van der Waals surface area (Å²) in [4.78, 5) is 18.5. The highest BCUT2D eigenvalue weighted by atomic mass is 79.9. The van der Waals surface area contributed by atoms with Crippen molar-refractivity contribution < 1.29 is 4.79 Å². The number of nitrogens with zero attached hydrogens (tertiary/aromatic N) is 2. The van der Waals surface area contributed by atoms with Crippen molar-refractivity contribution >= 4 is 21.8 Å². The smallest absolute Gasteiger partial charge is 0.255 e. The fraction of sp³-hybridized carbons (Fsp3) is 0.571. The largest absolute Gasteiger partial charge is 0.338 e. The van der Waals surface area contributed by atoms with E-state index in [1.54, 1.807) is 12.4 Å². The first-order valence-electron chi connectivity index (χ1n) is 6.79. The first-order chi connectivity index (χ1) is 9.13. The maximum Gasteiger partial charge on any atom is 0.255 e. The number of rotatable bonds is 1. The van der Waals surface area contributed by atoms with Crippen LogP contribution in [0.25, 0.3) is 0 Å². The molecule has 1 aliphatic carbocycles. The Hall–Kier alpha value is -0.940. The second-order valence-corrected chi connectivity index (χ2v) is 6.61. The van der Waals surface area contributed by atoms with Gasteiger partial charge in [0.1, 0.15) is 0 Å². The molecule has 0 aromatic carbocycles. The highest BCUT2D eigenvalue weighted by molar-refractivity contribution is 9.10. The van der Waals surface area contributed by atoms with Crippen molar-refractivity contribution in [1.82, 2.24) is 9.88 Å². The summed E-state index contributed by atoms with van der Waals surface area (Å²) < 4.78 is 0.844. The Bertz CT molecular complexity index is 493. The van der Waals surface area contributed by atoms with Gasteiger partial charge in [-0.2, -0.15) is 0 Å². The van der Waals surface area contributed by atoms with E-state index in [2.05, 4.69) is 20.9 Å². The van der Waals surface area contributed by atoms with Crippen LogP contribution in [0.1, 0.15) is 29.6 Å². The summed E-state index contributed by atoms with van der Waals surface area (Å²) in [6.45, 7) is 1.73. The predicted octanol–water partition coefficient (Wildman–Crippen LogP) is 2.04. The summed E-state index contributed by atoms with van der Waals surface area (Å²) >= 11 is 3.36. The fourth-order valence-electron chi connectivity index (χ4n) is 3.34. The molecule has 2 N–H and O–H groups in total. The van der Waals surface area contributed by atoms with Crippen LogP contribution in [0.3, 0.4) is 0 Å². The van der Waals surface area contributed by atoms with Crippen molar-refractivity contribution in [3.63, 3.8) is 0 Å². The monoisotopic (exact) mass is 323 g/mol. The molecule has 1 unspecified atom stereocenters. The highest BCUT2D eigenvalue weighted by Crippen LogP contribution is 2.36. The molecule has 0 bridgehead atoms. The first-order valence-corrected chi connectivity index (χ1v) is 7.58. The van der Waals surface area contributed by atoms with Gasteiger partial charge in [0.25, 0.3) is 5.91 Å². The van der Waals surface area contributed by atoms with Crippen molar-refractivity contribution in [2.75, 3.05) is 13.1 Å². The summed E-state index contributed by atoms with van der Waals surface area (Å²) in [5.41, 5.74) is 6.69. The molecule has 4 nitrogen and oxygen atoms in total. The van der Waals surface area contributed by atoms with Crippen molar-refractivity contribution in [3.8, 4) is 0 Å². The Balaban J connectivity index is 1.72. The molecule has 0 spiro atoms. The molecule has 2 fully saturated rings. The van der Waals surface area contributed by atoms with Crippen molar-refractivity contribution in [2.24, 2.45) is 17.6 Å². The van der Waals surface area contributed by atoms with Crippen LogP contribution in [0.15, 0.2) is 22.9 Å². The Labute approximate surface area is 121 Å². The number of likely N-dealkylation sites (tertiary alicyclic amines) is 1. The summed E-state index contributed by atoms with van der Waals surface area (Å²) in [7, 11) is 0. The summed E-state index contributed by atoms with van der Waals surface area (Å²) in [5.74, 6) is 1.33. The molecule has 1 aromatic rings. The lowest BCUT2D eigenvalue weighted by Gasteiger charge is -2.27. The van der Waals surface area contributed by atoms with E-state index < -0.39 is 0 Å². The lowest BCUT2D eigenvalue weighted by atomic mass is 9.79. The highest BCUT2D eigenvalue weighted by Gasteiger charge is 2.38. The number of aromatic nitrogens is 1. The maximum atomic E-state index is 12.5. The third-order valence-electron chi connectivity index (χ3n) is 4.33. The van der Waals surface area contributed by atoms with Crippen molar-refractivity contribution in [1.29, 1.82) is 0 Å². The lowest BCUT2D eigenvalue weighted by molar-refractivity contribution is 0.0783. The number of pyridine rings is 1. The maximum absolute atomic E-state index is 12.5. The number of carbonyl (C=O) groups is 1. The van der Waals surface area contributed by atoms with E-state index in [0.717, 1.165) is 36.8 Å². The predicted molar refractivity (Wildman–Crippen MR) is 76.6 cm³/mol. The zero-order valence-electron chi connectivity index (χ0n) is 10.8. The van der Waals surface area contributed by atoms with Gasteiger partial charge in [0.15, 0.2) is 0 Å². The van der Waals surface area contributed by atoms with Crippen molar-refractivity contribution in [2.45, 2.75) is 25.3 Å². The Morgan fingerprint density at radius 3 is 2.89 bits per heavy atom. The SMILES string of the molecule is NC1CC[C@@H]2CN(C(=O)c3cncc(Br)c3)C[C@@H]2C1.